The number of nitrogens with one attached hydrogen (secondary N) is 2. The third-order valence-electron chi connectivity index (χ3n) is 2.62. The van der Waals surface area contributed by atoms with E-state index in [2.05, 4.69) is 10.5 Å². The maximum absolute atomic E-state index is 11.8. The third-order valence-corrected chi connectivity index (χ3v) is 3.73. The second-order valence-corrected chi connectivity index (χ2v) is 5.91. The Bertz CT molecular complexity index is 725. The minimum atomic E-state index is -3.93. The Labute approximate surface area is 115 Å². The Morgan fingerprint density at radius 3 is 2.55 bits per heavy atom. The van der Waals surface area contributed by atoms with Crippen LogP contribution in [0.25, 0.3) is 0 Å². The van der Waals surface area contributed by atoms with Crippen LogP contribution in [-0.2, 0) is 17.1 Å². The fourth-order valence-corrected chi connectivity index (χ4v) is 2.29. The molecule has 8 nitrogen and oxygen atoms in total. The number of hydrogen-bond donors (Lipinski definition) is 2. The van der Waals surface area contributed by atoms with Gasteiger partial charge in [0.1, 0.15) is 0 Å². The van der Waals surface area contributed by atoms with Crippen molar-refractivity contribution in [2.75, 3.05) is 0 Å². The van der Waals surface area contributed by atoms with Crippen LogP contribution in [0.2, 0.25) is 0 Å². The van der Waals surface area contributed by atoms with Gasteiger partial charge in [-0.05, 0) is 25.5 Å². The first-order chi connectivity index (χ1) is 9.29. The predicted octanol–water partition coefficient (Wildman–Crippen LogP) is 0.253. The molecule has 2 aromatic heterocycles. The molecule has 1 amide bonds. The Morgan fingerprint density at radius 1 is 1.35 bits per heavy atom. The van der Waals surface area contributed by atoms with E-state index in [1.807, 2.05) is 4.83 Å². The number of aromatic nitrogens is 2. The summed E-state index contributed by atoms with van der Waals surface area (Å²) in [7, 11) is -2.25. The van der Waals surface area contributed by atoms with Crippen molar-refractivity contribution in [1.82, 2.24) is 20.0 Å². The van der Waals surface area contributed by atoms with Gasteiger partial charge in [-0.1, -0.05) is 0 Å². The molecule has 0 bridgehead atoms. The lowest BCUT2D eigenvalue weighted by molar-refractivity contribution is 0.0939. The van der Waals surface area contributed by atoms with E-state index in [-0.39, 0.29) is 10.8 Å². The maximum Gasteiger partial charge on any atom is 0.290 e. The van der Waals surface area contributed by atoms with Crippen LogP contribution >= 0.6 is 0 Å². The fourth-order valence-electron chi connectivity index (χ4n) is 1.45. The van der Waals surface area contributed by atoms with Crippen molar-refractivity contribution >= 4 is 15.9 Å². The largest absolute Gasteiger partial charge is 0.451 e. The number of amides is 1. The lowest BCUT2D eigenvalue weighted by Gasteiger charge is -2.04. The summed E-state index contributed by atoms with van der Waals surface area (Å²) in [4.78, 5) is 13.7. The molecule has 9 heteroatoms. The van der Waals surface area contributed by atoms with Gasteiger partial charge in [-0.15, -0.1) is 4.83 Å². The molecule has 2 aromatic rings. The van der Waals surface area contributed by atoms with Crippen LogP contribution in [0.15, 0.2) is 27.9 Å². The molecule has 2 heterocycles. The van der Waals surface area contributed by atoms with Crippen LogP contribution in [0.5, 0.6) is 0 Å². The van der Waals surface area contributed by atoms with E-state index >= 15 is 0 Å². The predicted molar refractivity (Wildman–Crippen MR) is 69.2 cm³/mol. The number of hydrogen-bond acceptors (Lipinski definition) is 5. The minimum Gasteiger partial charge on any atom is -0.451 e. The highest BCUT2D eigenvalue weighted by Gasteiger charge is 2.20. The summed E-state index contributed by atoms with van der Waals surface area (Å²) < 4.78 is 30.0. The Balaban J connectivity index is 2.06. The number of furan rings is 1. The van der Waals surface area contributed by atoms with Crippen molar-refractivity contribution in [2.45, 2.75) is 18.9 Å². The molecule has 0 atom stereocenters. The van der Waals surface area contributed by atoms with Crippen molar-refractivity contribution in [3.05, 3.63) is 35.3 Å². The standard InChI is InChI=1S/C11H14N4O4S/c1-7-4-10(19-6-7)20(17,18)14-12-11(16)9-5-8(2)15(3)13-9/h4-6,14H,1-3H3,(H,12,16). The Morgan fingerprint density at radius 2 is 2.05 bits per heavy atom. The molecule has 2 rings (SSSR count). The van der Waals surface area contributed by atoms with Crippen molar-refractivity contribution in [2.24, 2.45) is 7.05 Å². The summed E-state index contributed by atoms with van der Waals surface area (Å²) >= 11 is 0. The molecule has 0 aliphatic carbocycles. The second kappa shape index (κ2) is 5.10. The first-order valence-corrected chi connectivity index (χ1v) is 7.16. The monoisotopic (exact) mass is 298 g/mol. The lowest BCUT2D eigenvalue weighted by Crippen LogP contribution is -2.41. The number of carbonyl (C=O) groups is 1. The van der Waals surface area contributed by atoms with Crippen LogP contribution in [-0.4, -0.2) is 24.1 Å². The van der Waals surface area contributed by atoms with Gasteiger partial charge < -0.3 is 4.42 Å². The quantitative estimate of drug-likeness (QED) is 0.787. The third kappa shape index (κ3) is 2.89. The average Bonchev–Trinajstić information content (AvgIpc) is 2.94. The lowest BCUT2D eigenvalue weighted by atomic mass is 10.3. The topological polar surface area (TPSA) is 106 Å². The molecule has 0 radical (unpaired) electrons. The molecule has 2 N–H and O–H groups in total. The number of rotatable bonds is 4. The van der Waals surface area contributed by atoms with Gasteiger partial charge in [0, 0.05) is 18.8 Å². The highest BCUT2D eigenvalue weighted by Crippen LogP contribution is 2.11. The molecule has 108 valence electrons. The molecule has 0 unspecified atom stereocenters. The van der Waals surface area contributed by atoms with E-state index in [4.69, 9.17) is 4.42 Å². The van der Waals surface area contributed by atoms with Gasteiger partial charge in [0.25, 0.3) is 15.9 Å². The van der Waals surface area contributed by atoms with E-state index in [1.54, 1.807) is 27.0 Å². The van der Waals surface area contributed by atoms with Gasteiger partial charge in [-0.3, -0.25) is 14.9 Å². The summed E-state index contributed by atoms with van der Waals surface area (Å²) in [5.74, 6) is -0.652. The number of sulfonamides is 1. The highest BCUT2D eigenvalue weighted by atomic mass is 32.2. The number of carbonyl (C=O) groups excluding carboxylic acids is 1. The summed E-state index contributed by atoms with van der Waals surface area (Å²) in [5.41, 5.74) is 3.63. The van der Waals surface area contributed by atoms with Gasteiger partial charge in [0.2, 0.25) is 5.09 Å². The highest BCUT2D eigenvalue weighted by molar-refractivity contribution is 7.89. The minimum absolute atomic E-state index is 0.114. The first-order valence-electron chi connectivity index (χ1n) is 5.67. The number of hydrazine groups is 1. The van der Waals surface area contributed by atoms with Crippen LogP contribution in [0, 0.1) is 13.8 Å². The fraction of sp³-hybridized carbons (Fsp3) is 0.273. The van der Waals surface area contributed by atoms with E-state index in [0.29, 0.717) is 5.56 Å². The summed E-state index contributed by atoms with van der Waals surface area (Å²) in [6.45, 7) is 3.47. The maximum atomic E-state index is 11.8. The smallest absolute Gasteiger partial charge is 0.290 e. The van der Waals surface area contributed by atoms with Gasteiger partial charge in [0.15, 0.2) is 5.69 Å². The summed E-state index contributed by atoms with van der Waals surface area (Å²) in [6, 6.07) is 2.89. The second-order valence-electron chi connectivity index (χ2n) is 4.30. The molecule has 0 aromatic carbocycles. The SMILES string of the molecule is Cc1coc(S(=O)(=O)NNC(=O)c2cc(C)n(C)n2)c1. The van der Waals surface area contributed by atoms with E-state index in [0.717, 1.165) is 5.69 Å². The Hall–Kier alpha value is -2.13. The van der Waals surface area contributed by atoms with Crippen molar-refractivity contribution in [3.8, 4) is 0 Å². The van der Waals surface area contributed by atoms with Gasteiger partial charge >= 0.3 is 0 Å². The summed E-state index contributed by atoms with van der Waals surface area (Å²) in [6.07, 6.45) is 1.30. The van der Waals surface area contributed by atoms with E-state index < -0.39 is 15.9 Å². The van der Waals surface area contributed by atoms with E-state index in [1.165, 1.54) is 17.0 Å². The van der Waals surface area contributed by atoms with Crippen molar-refractivity contribution < 1.29 is 17.6 Å². The first kappa shape index (κ1) is 14.3. The molecule has 0 saturated heterocycles. The normalized spacial score (nSPS) is 11.6. The Kier molecular flexibility index (Phi) is 3.64. The molecule has 0 spiro atoms. The van der Waals surface area contributed by atoms with Crippen LogP contribution in [0.4, 0.5) is 0 Å². The van der Waals surface area contributed by atoms with E-state index in [9.17, 15) is 13.2 Å². The zero-order chi connectivity index (χ0) is 14.9. The van der Waals surface area contributed by atoms with Crippen molar-refractivity contribution in [3.63, 3.8) is 0 Å². The molecule has 20 heavy (non-hydrogen) atoms. The average molecular weight is 298 g/mol. The van der Waals surface area contributed by atoms with Gasteiger partial charge in [0.05, 0.1) is 6.26 Å². The van der Waals surface area contributed by atoms with Crippen LogP contribution in [0.1, 0.15) is 21.7 Å². The van der Waals surface area contributed by atoms with Crippen LogP contribution in [0.3, 0.4) is 0 Å². The van der Waals surface area contributed by atoms with Gasteiger partial charge in [-0.2, -0.15) is 5.10 Å². The van der Waals surface area contributed by atoms with Gasteiger partial charge in [-0.25, -0.2) is 8.42 Å². The summed E-state index contributed by atoms with van der Waals surface area (Å²) in [5, 5.41) is 3.66. The number of nitrogens with zero attached hydrogens (tertiary/aromatic N) is 2. The molecule has 0 aliphatic heterocycles. The van der Waals surface area contributed by atoms with Crippen LogP contribution < -0.4 is 10.3 Å². The zero-order valence-corrected chi connectivity index (χ0v) is 12.0. The molecular formula is C11H14N4O4S. The zero-order valence-electron chi connectivity index (χ0n) is 11.2. The molecular weight excluding hydrogens is 284 g/mol. The number of aryl methyl sites for hydroxylation is 3. The van der Waals surface area contributed by atoms with Crippen molar-refractivity contribution in [1.29, 1.82) is 0 Å². The molecule has 0 aliphatic rings. The molecule has 0 fully saturated rings. The molecule has 0 saturated carbocycles.